The lowest BCUT2D eigenvalue weighted by Gasteiger charge is -2.11. The SMILES string of the molecule is COc1cc(Br)c(OCC(=O)NN=Cc2ccccc2)c(Br)c1. The Bertz CT molecular complexity index is 683. The summed E-state index contributed by atoms with van der Waals surface area (Å²) in [7, 11) is 1.58. The lowest BCUT2D eigenvalue weighted by atomic mass is 10.2. The quantitative estimate of drug-likeness (QED) is 0.548. The van der Waals surface area contributed by atoms with Crippen LogP contribution in [0.5, 0.6) is 11.5 Å². The number of carbonyl (C=O) groups is 1. The smallest absolute Gasteiger partial charge is 0.277 e. The average molecular weight is 442 g/mol. The van der Waals surface area contributed by atoms with E-state index in [1.165, 1.54) is 0 Å². The topological polar surface area (TPSA) is 59.9 Å². The van der Waals surface area contributed by atoms with E-state index in [2.05, 4.69) is 42.4 Å². The fourth-order valence-corrected chi connectivity index (χ4v) is 3.05. The number of benzene rings is 2. The van der Waals surface area contributed by atoms with Crippen LogP contribution in [0.25, 0.3) is 0 Å². The molecule has 0 spiro atoms. The molecule has 0 heterocycles. The van der Waals surface area contributed by atoms with Gasteiger partial charge in [0.1, 0.15) is 11.5 Å². The standard InChI is InChI=1S/C16H14Br2N2O3/c1-22-12-7-13(17)16(14(18)8-12)23-10-15(21)20-19-9-11-5-3-2-4-6-11/h2-9H,10H2,1H3,(H,20,21). The molecule has 2 aromatic carbocycles. The number of nitrogens with one attached hydrogen (secondary N) is 1. The summed E-state index contributed by atoms with van der Waals surface area (Å²) in [6.45, 7) is -0.157. The summed E-state index contributed by atoms with van der Waals surface area (Å²) < 4.78 is 12.0. The summed E-state index contributed by atoms with van der Waals surface area (Å²) in [5.41, 5.74) is 3.31. The van der Waals surface area contributed by atoms with E-state index in [9.17, 15) is 4.79 Å². The molecule has 120 valence electrons. The second-order valence-corrected chi connectivity index (χ2v) is 6.12. The van der Waals surface area contributed by atoms with Crippen LogP contribution >= 0.6 is 31.9 Å². The number of amides is 1. The third-order valence-corrected chi connectivity index (χ3v) is 3.94. The van der Waals surface area contributed by atoms with Crippen LogP contribution in [0.4, 0.5) is 0 Å². The monoisotopic (exact) mass is 440 g/mol. The molecule has 1 amide bonds. The van der Waals surface area contributed by atoms with Crippen molar-refractivity contribution in [3.05, 3.63) is 57.0 Å². The van der Waals surface area contributed by atoms with Gasteiger partial charge in [-0.1, -0.05) is 30.3 Å². The maximum absolute atomic E-state index is 11.7. The molecule has 7 heteroatoms. The number of hydrogen-bond acceptors (Lipinski definition) is 4. The molecule has 0 atom stereocenters. The van der Waals surface area contributed by atoms with Gasteiger partial charge in [0.25, 0.3) is 5.91 Å². The second kappa shape index (κ2) is 8.69. The fraction of sp³-hybridized carbons (Fsp3) is 0.125. The number of carbonyl (C=O) groups excluding carboxylic acids is 1. The first kappa shape index (κ1) is 17.5. The van der Waals surface area contributed by atoms with Gasteiger partial charge >= 0.3 is 0 Å². The zero-order valence-corrected chi connectivity index (χ0v) is 15.4. The predicted octanol–water partition coefficient (Wildman–Crippen LogP) is 3.75. The van der Waals surface area contributed by atoms with Gasteiger partial charge in [-0.3, -0.25) is 4.79 Å². The Kier molecular flexibility index (Phi) is 6.61. The van der Waals surface area contributed by atoms with Crippen LogP contribution < -0.4 is 14.9 Å². The molecule has 0 radical (unpaired) electrons. The molecule has 0 aliphatic rings. The summed E-state index contributed by atoms with van der Waals surface area (Å²) in [5.74, 6) is 0.841. The van der Waals surface area contributed by atoms with Crippen molar-refractivity contribution in [1.29, 1.82) is 0 Å². The molecule has 2 aromatic rings. The normalized spacial score (nSPS) is 10.6. The van der Waals surface area contributed by atoms with Gasteiger partial charge in [-0.2, -0.15) is 5.10 Å². The highest BCUT2D eigenvalue weighted by molar-refractivity contribution is 9.11. The molecule has 0 aliphatic heterocycles. The Balaban J connectivity index is 1.88. The van der Waals surface area contributed by atoms with Crippen molar-refractivity contribution >= 4 is 44.0 Å². The van der Waals surface area contributed by atoms with Gasteiger partial charge < -0.3 is 9.47 Å². The van der Waals surface area contributed by atoms with E-state index in [0.717, 1.165) is 5.56 Å². The van der Waals surface area contributed by atoms with Crippen molar-refractivity contribution in [3.63, 3.8) is 0 Å². The zero-order valence-electron chi connectivity index (χ0n) is 12.3. The summed E-state index contributed by atoms with van der Waals surface area (Å²) in [5, 5.41) is 3.88. The van der Waals surface area contributed by atoms with Gasteiger partial charge in [0.05, 0.1) is 22.3 Å². The summed E-state index contributed by atoms with van der Waals surface area (Å²) in [4.78, 5) is 11.7. The molecule has 0 unspecified atom stereocenters. The molecular formula is C16H14Br2N2O3. The van der Waals surface area contributed by atoms with E-state index < -0.39 is 0 Å². The van der Waals surface area contributed by atoms with Crippen molar-refractivity contribution in [2.24, 2.45) is 5.10 Å². The van der Waals surface area contributed by atoms with E-state index >= 15 is 0 Å². The minimum Gasteiger partial charge on any atom is -0.497 e. The molecule has 0 saturated heterocycles. The van der Waals surface area contributed by atoms with Crippen molar-refractivity contribution in [2.45, 2.75) is 0 Å². The van der Waals surface area contributed by atoms with Crippen LogP contribution in [-0.2, 0) is 4.79 Å². The van der Waals surface area contributed by atoms with E-state index in [4.69, 9.17) is 9.47 Å². The third-order valence-electron chi connectivity index (χ3n) is 2.76. The number of hydrazone groups is 1. The van der Waals surface area contributed by atoms with Crippen LogP contribution in [0, 0.1) is 0 Å². The minimum atomic E-state index is -0.355. The van der Waals surface area contributed by atoms with Gasteiger partial charge in [-0.05, 0) is 49.6 Å². The molecule has 0 saturated carbocycles. The van der Waals surface area contributed by atoms with Crippen molar-refractivity contribution in [3.8, 4) is 11.5 Å². The molecule has 5 nitrogen and oxygen atoms in total. The fourth-order valence-electron chi connectivity index (χ4n) is 1.68. The Morgan fingerprint density at radius 3 is 2.48 bits per heavy atom. The van der Waals surface area contributed by atoms with Crippen LogP contribution in [0.2, 0.25) is 0 Å². The van der Waals surface area contributed by atoms with E-state index in [1.54, 1.807) is 25.5 Å². The highest BCUT2D eigenvalue weighted by atomic mass is 79.9. The molecule has 23 heavy (non-hydrogen) atoms. The first-order valence-corrected chi connectivity index (χ1v) is 8.21. The average Bonchev–Trinajstić information content (AvgIpc) is 2.54. The van der Waals surface area contributed by atoms with Crippen LogP contribution in [0.15, 0.2) is 56.5 Å². The van der Waals surface area contributed by atoms with Gasteiger partial charge in [-0.25, -0.2) is 5.43 Å². The maximum atomic E-state index is 11.7. The second-order valence-electron chi connectivity index (χ2n) is 4.41. The van der Waals surface area contributed by atoms with E-state index in [-0.39, 0.29) is 12.5 Å². The zero-order chi connectivity index (χ0) is 16.7. The molecule has 1 N–H and O–H groups in total. The first-order chi connectivity index (χ1) is 11.1. The van der Waals surface area contributed by atoms with E-state index in [1.807, 2.05) is 30.3 Å². The molecular weight excluding hydrogens is 428 g/mol. The van der Waals surface area contributed by atoms with Crippen LogP contribution in [0.3, 0.4) is 0 Å². The number of rotatable bonds is 6. The molecule has 0 aromatic heterocycles. The van der Waals surface area contributed by atoms with Crippen molar-refractivity contribution in [1.82, 2.24) is 5.43 Å². The highest BCUT2D eigenvalue weighted by Crippen LogP contribution is 2.37. The highest BCUT2D eigenvalue weighted by Gasteiger charge is 2.11. The lowest BCUT2D eigenvalue weighted by molar-refractivity contribution is -0.123. The summed E-state index contributed by atoms with van der Waals surface area (Å²) >= 11 is 6.75. The first-order valence-electron chi connectivity index (χ1n) is 6.63. The van der Waals surface area contributed by atoms with Gasteiger partial charge in [0, 0.05) is 0 Å². The number of methoxy groups -OCH3 is 1. The number of ether oxygens (including phenoxy) is 2. The molecule has 0 bridgehead atoms. The van der Waals surface area contributed by atoms with Crippen molar-refractivity contribution in [2.75, 3.05) is 13.7 Å². The van der Waals surface area contributed by atoms with Crippen LogP contribution in [-0.4, -0.2) is 25.8 Å². The summed E-state index contributed by atoms with van der Waals surface area (Å²) in [6.07, 6.45) is 1.57. The predicted molar refractivity (Wildman–Crippen MR) is 96.1 cm³/mol. The maximum Gasteiger partial charge on any atom is 0.277 e. The summed E-state index contributed by atoms with van der Waals surface area (Å²) in [6, 6.07) is 13.0. The minimum absolute atomic E-state index is 0.157. The van der Waals surface area contributed by atoms with Crippen molar-refractivity contribution < 1.29 is 14.3 Å². The lowest BCUT2D eigenvalue weighted by Crippen LogP contribution is -2.24. The van der Waals surface area contributed by atoms with Gasteiger partial charge in [0.15, 0.2) is 6.61 Å². The Morgan fingerprint density at radius 1 is 1.22 bits per heavy atom. The Hall–Kier alpha value is -1.86. The van der Waals surface area contributed by atoms with Gasteiger partial charge in [-0.15, -0.1) is 0 Å². The Labute approximate surface area is 150 Å². The largest absolute Gasteiger partial charge is 0.497 e. The van der Waals surface area contributed by atoms with Gasteiger partial charge in [0.2, 0.25) is 0 Å². The number of halogens is 2. The number of nitrogens with zero attached hydrogens (tertiary/aromatic N) is 1. The van der Waals surface area contributed by atoms with Crippen LogP contribution in [0.1, 0.15) is 5.56 Å². The molecule has 2 rings (SSSR count). The molecule has 0 fully saturated rings. The number of hydrogen-bond donors (Lipinski definition) is 1. The molecule has 0 aliphatic carbocycles. The Morgan fingerprint density at radius 2 is 1.87 bits per heavy atom. The van der Waals surface area contributed by atoms with E-state index in [0.29, 0.717) is 20.4 Å². The third kappa shape index (κ3) is 5.37.